The molecule has 1 unspecified atom stereocenters. The van der Waals surface area contributed by atoms with Crippen LogP contribution in [-0.2, 0) is 25.7 Å². The monoisotopic (exact) mass is 395 g/mol. The molecule has 136 valence electrons. The van der Waals surface area contributed by atoms with Gasteiger partial charge in [-0.3, -0.25) is 9.59 Å². The van der Waals surface area contributed by atoms with Gasteiger partial charge >= 0.3 is 11.9 Å². The first-order valence-electron chi connectivity index (χ1n) is 7.55. The molecule has 0 aliphatic carbocycles. The predicted molar refractivity (Wildman–Crippen MR) is 94.2 cm³/mol. The maximum Gasteiger partial charge on any atom is 0.374 e. The molecule has 1 aliphatic rings. The van der Waals surface area contributed by atoms with Crippen LogP contribution in [0, 0.1) is 0 Å². The van der Waals surface area contributed by atoms with E-state index in [-0.39, 0.29) is 24.7 Å². The molecule has 0 fully saturated rings. The van der Waals surface area contributed by atoms with Crippen molar-refractivity contribution >= 4 is 46.9 Å². The fraction of sp³-hybridized carbons (Fsp3) is 0.235. The van der Waals surface area contributed by atoms with Crippen molar-refractivity contribution in [2.45, 2.75) is 23.2 Å². The van der Waals surface area contributed by atoms with Crippen LogP contribution in [0.4, 0.5) is 5.69 Å². The molecule has 0 spiro atoms. The second-order valence-corrected chi connectivity index (χ2v) is 7.05. The SMILES string of the molecule is COC(=O)c1occc1COC(=O)CC1Sc2ccc(Cl)cc2NC1=O. The van der Waals surface area contributed by atoms with Crippen LogP contribution >= 0.6 is 23.4 Å². The molecule has 1 atom stereocenters. The summed E-state index contributed by atoms with van der Waals surface area (Å²) in [6, 6.07) is 6.67. The zero-order valence-corrected chi connectivity index (χ0v) is 15.2. The van der Waals surface area contributed by atoms with Gasteiger partial charge in [-0.2, -0.15) is 0 Å². The third-order valence-electron chi connectivity index (χ3n) is 3.62. The van der Waals surface area contributed by atoms with Gasteiger partial charge < -0.3 is 19.2 Å². The van der Waals surface area contributed by atoms with Crippen molar-refractivity contribution in [3.8, 4) is 0 Å². The average Bonchev–Trinajstić information content (AvgIpc) is 3.08. The minimum Gasteiger partial charge on any atom is -0.463 e. The van der Waals surface area contributed by atoms with Crippen LogP contribution in [0.1, 0.15) is 22.5 Å². The Hall–Kier alpha value is -2.45. The highest BCUT2D eigenvalue weighted by Crippen LogP contribution is 2.38. The van der Waals surface area contributed by atoms with Gasteiger partial charge in [0.25, 0.3) is 0 Å². The van der Waals surface area contributed by atoms with Crippen molar-refractivity contribution in [3.63, 3.8) is 0 Å². The highest BCUT2D eigenvalue weighted by Gasteiger charge is 2.30. The van der Waals surface area contributed by atoms with E-state index >= 15 is 0 Å². The van der Waals surface area contributed by atoms with Crippen molar-refractivity contribution in [2.75, 3.05) is 12.4 Å². The fourth-order valence-electron chi connectivity index (χ4n) is 2.35. The summed E-state index contributed by atoms with van der Waals surface area (Å²) >= 11 is 7.18. The van der Waals surface area contributed by atoms with Crippen molar-refractivity contribution < 1.29 is 28.3 Å². The lowest BCUT2D eigenvalue weighted by molar-refractivity contribution is -0.145. The number of halogens is 1. The van der Waals surface area contributed by atoms with Crippen molar-refractivity contribution in [1.82, 2.24) is 0 Å². The van der Waals surface area contributed by atoms with Crippen molar-refractivity contribution in [2.24, 2.45) is 0 Å². The average molecular weight is 396 g/mol. The summed E-state index contributed by atoms with van der Waals surface area (Å²) in [4.78, 5) is 36.6. The Morgan fingerprint density at radius 2 is 2.15 bits per heavy atom. The van der Waals surface area contributed by atoms with E-state index in [4.69, 9.17) is 20.8 Å². The number of ether oxygens (including phenoxy) is 2. The summed E-state index contributed by atoms with van der Waals surface area (Å²) in [6.07, 6.45) is 1.20. The number of methoxy groups -OCH3 is 1. The van der Waals surface area contributed by atoms with Crippen LogP contribution < -0.4 is 5.32 Å². The van der Waals surface area contributed by atoms with Crippen molar-refractivity contribution in [3.05, 3.63) is 46.9 Å². The van der Waals surface area contributed by atoms with Gasteiger partial charge in [0.2, 0.25) is 11.7 Å². The maximum absolute atomic E-state index is 12.2. The third-order valence-corrected chi connectivity index (χ3v) is 5.13. The van der Waals surface area contributed by atoms with Gasteiger partial charge in [-0.15, -0.1) is 11.8 Å². The number of anilines is 1. The minimum atomic E-state index is -0.654. The molecule has 26 heavy (non-hydrogen) atoms. The lowest BCUT2D eigenvalue weighted by atomic mass is 10.2. The van der Waals surface area contributed by atoms with Gasteiger partial charge in [0.1, 0.15) is 6.61 Å². The number of nitrogens with one attached hydrogen (secondary N) is 1. The number of carbonyl (C=O) groups excluding carboxylic acids is 3. The molecule has 0 saturated heterocycles. The molecule has 1 aliphatic heterocycles. The first-order chi connectivity index (χ1) is 12.5. The summed E-state index contributed by atoms with van der Waals surface area (Å²) in [5, 5.41) is 2.64. The van der Waals surface area contributed by atoms with E-state index in [0.717, 1.165) is 4.90 Å². The molecule has 2 heterocycles. The predicted octanol–water partition coefficient (Wildman–Crippen LogP) is 3.27. The molecule has 1 aromatic heterocycles. The fourth-order valence-corrected chi connectivity index (χ4v) is 3.59. The van der Waals surface area contributed by atoms with Gasteiger partial charge in [0, 0.05) is 15.5 Å². The molecule has 0 saturated carbocycles. The number of amides is 1. The zero-order chi connectivity index (χ0) is 18.7. The number of thioether (sulfide) groups is 1. The summed E-state index contributed by atoms with van der Waals surface area (Å²) in [7, 11) is 1.23. The lowest BCUT2D eigenvalue weighted by Crippen LogP contribution is -2.31. The molecular formula is C17H14ClNO6S. The van der Waals surface area contributed by atoms with Crippen LogP contribution in [0.3, 0.4) is 0 Å². The highest BCUT2D eigenvalue weighted by atomic mass is 35.5. The Morgan fingerprint density at radius 1 is 1.35 bits per heavy atom. The number of benzene rings is 1. The van der Waals surface area contributed by atoms with Gasteiger partial charge in [-0.05, 0) is 24.3 Å². The molecule has 3 rings (SSSR count). The number of rotatable bonds is 5. The summed E-state index contributed by atoms with van der Waals surface area (Å²) in [5.41, 5.74) is 1.02. The smallest absolute Gasteiger partial charge is 0.374 e. The first kappa shape index (κ1) is 18.3. The minimum absolute atomic E-state index is 0.0177. The summed E-state index contributed by atoms with van der Waals surface area (Å²) < 4.78 is 14.8. The van der Waals surface area contributed by atoms with Crippen LogP contribution in [0.25, 0.3) is 0 Å². The number of furan rings is 1. The van der Waals surface area contributed by atoms with E-state index in [1.807, 2.05) is 0 Å². The molecule has 9 heteroatoms. The molecular weight excluding hydrogens is 382 g/mol. The molecule has 2 aromatic rings. The van der Waals surface area contributed by atoms with Crippen molar-refractivity contribution in [1.29, 1.82) is 0 Å². The number of hydrogen-bond donors (Lipinski definition) is 1. The molecule has 1 aromatic carbocycles. The van der Waals surface area contributed by atoms with E-state index in [2.05, 4.69) is 10.1 Å². The van der Waals surface area contributed by atoms with Gasteiger partial charge in [-0.25, -0.2) is 4.79 Å². The Balaban J connectivity index is 1.59. The molecule has 7 nitrogen and oxygen atoms in total. The summed E-state index contributed by atoms with van der Waals surface area (Å²) in [6.45, 7) is -0.148. The third kappa shape index (κ3) is 4.03. The molecule has 1 N–H and O–H groups in total. The quantitative estimate of drug-likeness (QED) is 0.776. The normalized spacial score (nSPS) is 15.8. The Morgan fingerprint density at radius 3 is 2.92 bits per heavy atom. The van der Waals surface area contributed by atoms with E-state index in [0.29, 0.717) is 16.3 Å². The van der Waals surface area contributed by atoms with E-state index < -0.39 is 17.2 Å². The highest BCUT2D eigenvalue weighted by molar-refractivity contribution is 8.01. The van der Waals surface area contributed by atoms with Gasteiger partial charge in [0.15, 0.2) is 0 Å². The number of carbonyl (C=O) groups is 3. The van der Waals surface area contributed by atoms with Crippen LogP contribution in [0.15, 0.2) is 39.8 Å². The number of esters is 2. The molecule has 0 bridgehead atoms. The largest absolute Gasteiger partial charge is 0.463 e. The van der Waals surface area contributed by atoms with Crippen LogP contribution in [-0.4, -0.2) is 30.2 Å². The van der Waals surface area contributed by atoms with Gasteiger partial charge in [0.05, 0.1) is 30.7 Å². The Labute approximate surface area is 158 Å². The topological polar surface area (TPSA) is 94.8 Å². The Bertz CT molecular complexity index is 865. The second kappa shape index (κ2) is 7.84. The summed E-state index contributed by atoms with van der Waals surface area (Å²) in [5.74, 6) is -1.53. The number of fused-ring (bicyclic) bond motifs is 1. The zero-order valence-electron chi connectivity index (χ0n) is 13.6. The van der Waals surface area contributed by atoms with E-state index in [1.54, 1.807) is 18.2 Å². The standard InChI is InChI=1S/C17H14ClNO6S/c1-23-17(22)15-9(4-5-24-15)8-25-14(20)7-13-16(21)19-11-6-10(18)2-3-12(11)26-13/h2-6,13H,7-8H2,1H3,(H,19,21). The lowest BCUT2D eigenvalue weighted by Gasteiger charge is -2.23. The van der Waals surface area contributed by atoms with E-state index in [9.17, 15) is 14.4 Å². The van der Waals surface area contributed by atoms with Crippen LogP contribution in [0.5, 0.6) is 0 Å². The van der Waals surface area contributed by atoms with Gasteiger partial charge in [-0.1, -0.05) is 11.6 Å². The molecule has 1 amide bonds. The molecule has 0 radical (unpaired) electrons. The van der Waals surface area contributed by atoms with Crippen LogP contribution in [0.2, 0.25) is 5.02 Å². The maximum atomic E-state index is 12.2. The first-order valence-corrected chi connectivity index (χ1v) is 8.81. The number of hydrogen-bond acceptors (Lipinski definition) is 7. The van der Waals surface area contributed by atoms with E-state index in [1.165, 1.54) is 31.2 Å². The second-order valence-electron chi connectivity index (χ2n) is 5.37. The Kier molecular flexibility index (Phi) is 5.53.